The van der Waals surface area contributed by atoms with Crippen LogP contribution in [0.15, 0.2) is 27.9 Å². The van der Waals surface area contributed by atoms with Crippen molar-refractivity contribution in [2.24, 2.45) is 12.1 Å². The van der Waals surface area contributed by atoms with Gasteiger partial charge in [0.15, 0.2) is 0 Å². The van der Waals surface area contributed by atoms with Crippen LogP contribution in [-0.4, -0.2) is 21.9 Å². The number of rotatable bonds is 4. The number of amides is 1. The number of nitrogens with one attached hydrogen (secondary N) is 1. The minimum Gasteiger partial charge on any atom is -0.463 e. The summed E-state index contributed by atoms with van der Waals surface area (Å²) in [6, 6.07) is 3.45. The van der Waals surface area contributed by atoms with Gasteiger partial charge in [-0.15, -0.1) is 0 Å². The molecule has 2 heterocycles. The largest absolute Gasteiger partial charge is 0.463 e. The third-order valence-electron chi connectivity index (χ3n) is 2.51. The van der Waals surface area contributed by atoms with Crippen molar-refractivity contribution >= 4 is 23.7 Å². The molecule has 0 fully saturated rings. The average Bonchev–Trinajstić information content (AvgIpc) is 2.97. The predicted molar refractivity (Wildman–Crippen MR) is 71.4 cm³/mol. The third-order valence-corrected chi connectivity index (χ3v) is 2.90. The van der Waals surface area contributed by atoms with Gasteiger partial charge in [0.05, 0.1) is 23.2 Å². The molecule has 0 radical (unpaired) electrons. The molecule has 100 valence electrons. The molecular weight excluding hydrogens is 268 g/mol. The van der Waals surface area contributed by atoms with Crippen LogP contribution in [0.25, 0.3) is 0 Å². The SMILES string of the molecule is CCc1nn(C)c(C(=O)NN=Cc2ccco2)c1Cl. The fourth-order valence-electron chi connectivity index (χ4n) is 1.60. The minimum absolute atomic E-state index is 0.287. The van der Waals surface area contributed by atoms with Crippen LogP contribution in [-0.2, 0) is 13.5 Å². The van der Waals surface area contributed by atoms with E-state index in [4.69, 9.17) is 16.0 Å². The van der Waals surface area contributed by atoms with Gasteiger partial charge >= 0.3 is 0 Å². The first-order valence-electron chi connectivity index (χ1n) is 5.71. The van der Waals surface area contributed by atoms with Crippen LogP contribution in [0.5, 0.6) is 0 Å². The summed E-state index contributed by atoms with van der Waals surface area (Å²) in [4.78, 5) is 11.9. The highest BCUT2D eigenvalue weighted by Crippen LogP contribution is 2.20. The lowest BCUT2D eigenvalue weighted by Gasteiger charge is -2.00. The van der Waals surface area contributed by atoms with Crippen LogP contribution < -0.4 is 5.43 Å². The van der Waals surface area contributed by atoms with Crippen molar-refractivity contribution in [1.29, 1.82) is 0 Å². The zero-order valence-corrected chi connectivity index (χ0v) is 11.3. The van der Waals surface area contributed by atoms with Crippen LogP contribution >= 0.6 is 11.6 Å². The summed E-state index contributed by atoms with van der Waals surface area (Å²) < 4.78 is 6.49. The Morgan fingerprint density at radius 3 is 3.05 bits per heavy atom. The zero-order chi connectivity index (χ0) is 13.8. The molecule has 0 bridgehead atoms. The molecule has 0 aliphatic carbocycles. The molecule has 19 heavy (non-hydrogen) atoms. The van der Waals surface area contributed by atoms with E-state index in [0.717, 1.165) is 0 Å². The fourth-order valence-corrected chi connectivity index (χ4v) is 1.98. The molecule has 2 aromatic heterocycles. The normalized spacial score (nSPS) is 11.1. The average molecular weight is 281 g/mol. The topological polar surface area (TPSA) is 72.4 Å². The van der Waals surface area contributed by atoms with E-state index in [1.165, 1.54) is 17.2 Å². The van der Waals surface area contributed by atoms with Gasteiger partial charge in [-0.05, 0) is 18.6 Å². The summed E-state index contributed by atoms with van der Waals surface area (Å²) in [5.74, 6) is 0.133. The van der Waals surface area contributed by atoms with Crippen molar-refractivity contribution in [3.05, 3.63) is 40.6 Å². The first-order valence-corrected chi connectivity index (χ1v) is 6.09. The predicted octanol–water partition coefficient (Wildman–Crippen LogP) is 1.99. The summed E-state index contributed by atoms with van der Waals surface area (Å²) in [5, 5.41) is 8.31. The maximum absolute atomic E-state index is 11.9. The second-order valence-corrected chi connectivity index (χ2v) is 4.18. The summed E-state index contributed by atoms with van der Waals surface area (Å²) in [5.41, 5.74) is 3.35. The molecule has 0 saturated heterocycles. The lowest BCUT2D eigenvalue weighted by molar-refractivity contribution is 0.0946. The summed E-state index contributed by atoms with van der Waals surface area (Å²) in [7, 11) is 1.66. The van der Waals surface area contributed by atoms with Gasteiger partial charge < -0.3 is 4.42 Å². The van der Waals surface area contributed by atoms with E-state index in [1.807, 2.05) is 6.92 Å². The molecule has 0 saturated carbocycles. The van der Waals surface area contributed by atoms with Gasteiger partial charge in [-0.3, -0.25) is 9.48 Å². The molecule has 0 atom stereocenters. The summed E-state index contributed by atoms with van der Waals surface area (Å²) in [6.07, 6.45) is 3.59. The van der Waals surface area contributed by atoms with E-state index in [0.29, 0.717) is 22.9 Å². The Bertz CT molecular complexity index is 602. The van der Waals surface area contributed by atoms with E-state index in [-0.39, 0.29) is 5.69 Å². The Labute approximate surface area is 115 Å². The van der Waals surface area contributed by atoms with Gasteiger partial charge in [0.25, 0.3) is 5.91 Å². The number of furan rings is 1. The number of carbonyl (C=O) groups excluding carboxylic acids is 1. The fraction of sp³-hybridized carbons (Fsp3) is 0.250. The molecule has 2 aromatic rings. The molecule has 0 spiro atoms. The van der Waals surface area contributed by atoms with Crippen molar-refractivity contribution < 1.29 is 9.21 Å². The standard InChI is InChI=1S/C12H13ClN4O2/c1-3-9-10(13)11(17(2)16-9)12(18)15-14-7-8-5-4-6-19-8/h4-7H,3H2,1-2H3,(H,15,18). The smallest absolute Gasteiger partial charge is 0.291 e. The van der Waals surface area contributed by atoms with Crippen molar-refractivity contribution in [2.75, 3.05) is 0 Å². The highest BCUT2D eigenvalue weighted by molar-refractivity contribution is 6.34. The molecule has 1 N–H and O–H groups in total. The molecule has 2 rings (SSSR count). The highest BCUT2D eigenvalue weighted by atomic mass is 35.5. The van der Waals surface area contributed by atoms with E-state index in [2.05, 4.69) is 15.6 Å². The van der Waals surface area contributed by atoms with Crippen LogP contribution in [0.4, 0.5) is 0 Å². The Morgan fingerprint density at radius 2 is 2.47 bits per heavy atom. The van der Waals surface area contributed by atoms with Crippen LogP contribution in [0.1, 0.15) is 28.9 Å². The quantitative estimate of drug-likeness (QED) is 0.688. The van der Waals surface area contributed by atoms with Gasteiger partial charge in [-0.25, -0.2) is 5.43 Å². The van der Waals surface area contributed by atoms with E-state index in [1.54, 1.807) is 19.2 Å². The number of carbonyl (C=O) groups is 1. The number of hydrogen-bond acceptors (Lipinski definition) is 4. The van der Waals surface area contributed by atoms with Crippen molar-refractivity contribution in [2.45, 2.75) is 13.3 Å². The molecule has 7 heteroatoms. The first-order chi connectivity index (χ1) is 9.13. The maximum Gasteiger partial charge on any atom is 0.291 e. The van der Waals surface area contributed by atoms with Gasteiger partial charge in [0.1, 0.15) is 11.5 Å². The maximum atomic E-state index is 11.9. The number of halogens is 1. The van der Waals surface area contributed by atoms with E-state index >= 15 is 0 Å². The molecule has 0 unspecified atom stereocenters. The number of hydrazone groups is 1. The highest BCUT2D eigenvalue weighted by Gasteiger charge is 2.19. The number of nitrogens with zero attached hydrogens (tertiary/aromatic N) is 3. The van der Waals surface area contributed by atoms with Crippen molar-refractivity contribution in [3.8, 4) is 0 Å². The van der Waals surface area contributed by atoms with Crippen LogP contribution in [0, 0.1) is 0 Å². The van der Waals surface area contributed by atoms with E-state index in [9.17, 15) is 4.79 Å². The monoisotopic (exact) mass is 280 g/mol. The minimum atomic E-state index is -0.414. The van der Waals surface area contributed by atoms with Crippen LogP contribution in [0.3, 0.4) is 0 Å². The molecule has 6 nitrogen and oxygen atoms in total. The number of aromatic nitrogens is 2. The van der Waals surface area contributed by atoms with Crippen molar-refractivity contribution in [3.63, 3.8) is 0 Å². The number of hydrogen-bond donors (Lipinski definition) is 1. The number of aryl methyl sites for hydroxylation is 2. The Kier molecular flexibility index (Phi) is 4.01. The Balaban J connectivity index is 2.10. The second kappa shape index (κ2) is 5.71. The zero-order valence-electron chi connectivity index (χ0n) is 10.6. The van der Waals surface area contributed by atoms with Gasteiger partial charge in [-0.1, -0.05) is 18.5 Å². The van der Waals surface area contributed by atoms with Crippen molar-refractivity contribution in [1.82, 2.24) is 15.2 Å². The molecule has 1 amide bonds. The van der Waals surface area contributed by atoms with E-state index < -0.39 is 5.91 Å². The van der Waals surface area contributed by atoms with Crippen LogP contribution in [0.2, 0.25) is 5.02 Å². The van der Waals surface area contributed by atoms with Gasteiger partial charge in [0, 0.05) is 7.05 Å². The molecule has 0 aromatic carbocycles. The van der Waals surface area contributed by atoms with Gasteiger partial charge in [-0.2, -0.15) is 10.2 Å². The van der Waals surface area contributed by atoms with Gasteiger partial charge in [0.2, 0.25) is 0 Å². The first kappa shape index (κ1) is 13.4. The summed E-state index contributed by atoms with van der Waals surface area (Å²) >= 11 is 6.09. The Hall–Kier alpha value is -2.08. The molecule has 0 aliphatic rings. The lowest BCUT2D eigenvalue weighted by atomic mass is 10.3. The lowest BCUT2D eigenvalue weighted by Crippen LogP contribution is -2.21. The molecular formula is C12H13ClN4O2. The second-order valence-electron chi connectivity index (χ2n) is 3.80. The summed E-state index contributed by atoms with van der Waals surface area (Å²) in [6.45, 7) is 1.92. The Morgan fingerprint density at radius 1 is 1.68 bits per heavy atom. The molecule has 0 aliphatic heterocycles. The third kappa shape index (κ3) is 2.85.